The number of carbonyl (C=O) groups is 1. The van der Waals surface area contributed by atoms with Crippen LogP contribution in [0.15, 0.2) is 24.3 Å². The maximum Gasteiger partial charge on any atom is 0.317 e. The van der Waals surface area contributed by atoms with Crippen molar-refractivity contribution in [3.63, 3.8) is 0 Å². The third-order valence-corrected chi connectivity index (χ3v) is 3.31. The maximum atomic E-state index is 11.0. The van der Waals surface area contributed by atoms with Crippen molar-refractivity contribution < 1.29 is 14.6 Å². The Labute approximate surface area is 121 Å². The molecule has 0 radical (unpaired) electrons. The highest BCUT2D eigenvalue weighted by molar-refractivity contribution is 5.69. The molecule has 0 saturated carbocycles. The average Bonchev–Trinajstić information content (AvgIpc) is 2.43. The van der Waals surface area contributed by atoms with Crippen LogP contribution in [-0.4, -0.2) is 35.2 Å². The third-order valence-electron chi connectivity index (χ3n) is 3.31. The summed E-state index contributed by atoms with van der Waals surface area (Å²) < 4.78 is 5.61. The minimum atomic E-state index is -0.788. The highest BCUT2D eigenvalue weighted by Crippen LogP contribution is 2.17. The second-order valence-electron chi connectivity index (χ2n) is 5.05. The topological polar surface area (TPSA) is 49.8 Å². The van der Waals surface area contributed by atoms with Crippen LogP contribution in [0.4, 0.5) is 0 Å². The molecule has 1 unspecified atom stereocenters. The van der Waals surface area contributed by atoms with Gasteiger partial charge < -0.3 is 9.84 Å². The third kappa shape index (κ3) is 5.61. The van der Waals surface area contributed by atoms with Crippen LogP contribution in [-0.2, 0) is 11.3 Å². The fourth-order valence-corrected chi connectivity index (χ4v) is 1.99. The molecule has 1 atom stereocenters. The van der Waals surface area contributed by atoms with E-state index in [1.807, 2.05) is 29.2 Å². The Morgan fingerprint density at radius 1 is 1.40 bits per heavy atom. The predicted octanol–water partition coefficient (Wildman–Crippen LogP) is 3.16. The second kappa shape index (κ2) is 8.59. The zero-order chi connectivity index (χ0) is 15.0. The van der Waals surface area contributed by atoms with Gasteiger partial charge in [0.05, 0.1) is 13.2 Å². The number of hydrogen-bond acceptors (Lipinski definition) is 3. The van der Waals surface area contributed by atoms with Crippen molar-refractivity contribution in [2.75, 3.05) is 13.2 Å². The average molecular weight is 279 g/mol. The van der Waals surface area contributed by atoms with Gasteiger partial charge in [-0.05, 0) is 37.5 Å². The summed E-state index contributed by atoms with van der Waals surface area (Å²) in [6, 6.07) is 8.13. The van der Waals surface area contributed by atoms with E-state index >= 15 is 0 Å². The number of aliphatic carboxylic acids is 1. The van der Waals surface area contributed by atoms with E-state index in [4.69, 9.17) is 9.84 Å². The summed E-state index contributed by atoms with van der Waals surface area (Å²) in [5.74, 6) is 0.0625. The lowest BCUT2D eigenvalue weighted by Crippen LogP contribution is -2.36. The van der Waals surface area contributed by atoms with Gasteiger partial charge in [0.2, 0.25) is 0 Å². The molecule has 0 aromatic heterocycles. The van der Waals surface area contributed by atoms with Crippen LogP contribution in [0.1, 0.15) is 39.2 Å². The van der Waals surface area contributed by atoms with Crippen molar-refractivity contribution in [2.45, 2.75) is 46.2 Å². The molecule has 112 valence electrons. The lowest BCUT2D eigenvalue weighted by molar-refractivity contribution is -0.139. The molecule has 0 aliphatic carbocycles. The summed E-state index contributed by atoms with van der Waals surface area (Å²) in [7, 11) is 0. The molecule has 0 spiro atoms. The predicted molar refractivity (Wildman–Crippen MR) is 80.0 cm³/mol. The molecule has 0 fully saturated rings. The van der Waals surface area contributed by atoms with Gasteiger partial charge in [-0.25, -0.2) is 0 Å². The zero-order valence-electron chi connectivity index (χ0n) is 12.6. The first-order valence-corrected chi connectivity index (χ1v) is 7.24. The first kappa shape index (κ1) is 16.5. The second-order valence-corrected chi connectivity index (χ2v) is 5.05. The van der Waals surface area contributed by atoms with E-state index in [2.05, 4.69) is 20.8 Å². The van der Waals surface area contributed by atoms with Crippen molar-refractivity contribution >= 4 is 5.97 Å². The molecule has 1 aromatic carbocycles. The molecule has 1 rings (SSSR count). The number of carboxylic acids is 1. The fraction of sp³-hybridized carbons (Fsp3) is 0.562. The van der Waals surface area contributed by atoms with E-state index in [0.29, 0.717) is 13.2 Å². The Morgan fingerprint density at radius 2 is 2.15 bits per heavy atom. The van der Waals surface area contributed by atoms with Gasteiger partial charge >= 0.3 is 5.97 Å². The van der Waals surface area contributed by atoms with Gasteiger partial charge in [0.25, 0.3) is 0 Å². The summed E-state index contributed by atoms with van der Waals surface area (Å²) in [6.45, 7) is 7.59. The van der Waals surface area contributed by atoms with Crippen molar-refractivity contribution in [3.8, 4) is 5.75 Å². The number of benzene rings is 1. The zero-order valence-corrected chi connectivity index (χ0v) is 12.6. The quantitative estimate of drug-likeness (QED) is 0.754. The Balaban J connectivity index is 2.74. The van der Waals surface area contributed by atoms with Crippen LogP contribution in [0.3, 0.4) is 0 Å². The van der Waals surface area contributed by atoms with E-state index in [1.165, 1.54) is 0 Å². The molecule has 0 aliphatic heterocycles. The van der Waals surface area contributed by atoms with Crippen LogP contribution in [0, 0.1) is 0 Å². The molecular formula is C16H25NO3. The van der Waals surface area contributed by atoms with E-state index < -0.39 is 5.97 Å². The summed E-state index contributed by atoms with van der Waals surface area (Å²) in [4.78, 5) is 12.9. The number of rotatable bonds is 9. The summed E-state index contributed by atoms with van der Waals surface area (Å²) in [5, 5.41) is 9.01. The number of carboxylic acid groups (broad SMARTS) is 1. The normalized spacial score (nSPS) is 12.4. The summed E-state index contributed by atoms with van der Waals surface area (Å²) in [6.07, 6.45) is 1.90. The van der Waals surface area contributed by atoms with E-state index in [0.717, 1.165) is 24.2 Å². The van der Waals surface area contributed by atoms with Crippen LogP contribution in [0.5, 0.6) is 5.75 Å². The Hall–Kier alpha value is -1.55. The number of hydrogen-bond donors (Lipinski definition) is 1. The fourth-order valence-electron chi connectivity index (χ4n) is 1.99. The lowest BCUT2D eigenvalue weighted by atomic mass is 10.1. The van der Waals surface area contributed by atoms with Crippen molar-refractivity contribution in [1.29, 1.82) is 0 Å². The minimum absolute atomic E-state index is 0.0645. The van der Waals surface area contributed by atoms with Crippen LogP contribution in [0.25, 0.3) is 0 Å². The molecule has 4 heteroatoms. The molecule has 0 bridgehead atoms. The molecule has 0 amide bonds. The van der Waals surface area contributed by atoms with E-state index in [9.17, 15) is 4.79 Å². The molecule has 0 saturated heterocycles. The van der Waals surface area contributed by atoms with Crippen molar-refractivity contribution in [3.05, 3.63) is 29.8 Å². The van der Waals surface area contributed by atoms with Crippen molar-refractivity contribution in [1.82, 2.24) is 4.90 Å². The molecule has 0 aliphatic rings. The maximum absolute atomic E-state index is 11.0. The summed E-state index contributed by atoms with van der Waals surface area (Å²) >= 11 is 0. The Morgan fingerprint density at radius 3 is 2.75 bits per heavy atom. The number of ether oxygens (including phenoxy) is 1. The highest BCUT2D eigenvalue weighted by atomic mass is 16.5. The Bertz CT molecular complexity index is 420. The van der Waals surface area contributed by atoms with Gasteiger partial charge in [-0.1, -0.05) is 26.0 Å². The van der Waals surface area contributed by atoms with E-state index in [1.54, 1.807) is 0 Å². The largest absolute Gasteiger partial charge is 0.494 e. The first-order chi connectivity index (χ1) is 9.56. The molecule has 1 aromatic rings. The van der Waals surface area contributed by atoms with Crippen molar-refractivity contribution in [2.24, 2.45) is 0 Å². The molecule has 4 nitrogen and oxygen atoms in total. The van der Waals surface area contributed by atoms with Crippen LogP contribution in [0.2, 0.25) is 0 Å². The molecular weight excluding hydrogens is 254 g/mol. The molecule has 1 N–H and O–H groups in total. The van der Waals surface area contributed by atoms with Gasteiger partial charge in [-0.15, -0.1) is 0 Å². The van der Waals surface area contributed by atoms with Gasteiger partial charge in [0.15, 0.2) is 0 Å². The Kier molecular flexibility index (Phi) is 7.09. The standard InChI is InChI=1S/C16H25NO3/c1-4-9-20-15-8-6-7-14(10-15)11-17(12-16(18)19)13(3)5-2/h6-8,10,13H,4-5,9,11-12H2,1-3H3,(H,18,19). The number of nitrogens with zero attached hydrogens (tertiary/aromatic N) is 1. The van der Waals surface area contributed by atoms with Gasteiger partial charge in [-0.2, -0.15) is 0 Å². The lowest BCUT2D eigenvalue weighted by Gasteiger charge is -2.26. The summed E-state index contributed by atoms with van der Waals surface area (Å²) in [5.41, 5.74) is 1.08. The van der Waals surface area contributed by atoms with Gasteiger partial charge in [0.1, 0.15) is 5.75 Å². The van der Waals surface area contributed by atoms with Crippen LogP contribution >= 0.6 is 0 Å². The molecule has 0 heterocycles. The van der Waals surface area contributed by atoms with E-state index in [-0.39, 0.29) is 12.6 Å². The minimum Gasteiger partial charge on any atom is -0.494 e. The highest BCUT2D eigenvalue weighted by Gasteiger charge is 2.16. The van der Waals surface area contributed by atoms with Crippen LogP contribution < -0.4 is 4.74 Å². The monoisotopic (exact) mass is 279 g/mol. The molecule has 20 heavy (non-hydrogen) atoms. The SMILES string of the molecule is CCCOc1cccc(CN(CC(=O)O)C(C)CC)c1. The smallest absolute Gasteiger partial charge is 0.317 e. The van der Waals surface area contributed by atoms with Gasteiger partial charge in [0, 0.05) is 12.6 Å². The first-order valence-electron chi connectivity index (χ1n) is 7.24. The van der Waals surface area contributed by atoms with Gasteiger partial charge in [-0.3, -0.25) is 9.69 Å².